The molecule has 2 aliphatic rings. The van der Waals surface area contributed by atoms with Crippen LogP contribution in [-0.4, -0.2) is 57.4 Å². The standard InChI is InChI=1S/C17H19N3O2S/c1-19(12-5-6-12)17(22)14-9-23-10-20(14)16(21)13-4-2-3-11-7-8-18-15(11)13/h2-4,7-8,12,14,18H,5-6,9-10H2,1H3/t14-/m0/s1. The number of hydrogen-bond donors (Lipinski definition) is 1. The number of rotatable bonds is 3. The zero-order valence-corrected chi connectivity index (χ0v) is 13.8. The van der Waals surface area contributed by atoms with Crippen LogP contribution in [-0.2, 0) is 4.79 Å². The van der Waals surface area contributed by atoms with Gasteiger partial charge in [-0.2, -0.15) is 0 Å². The predicted octanol–water partition coefficient (Wildman–Crippen LogP) is 2.30. The molecule has 1 N–H and O–H groups in total. The van der Waals surface area contributed by atoms with Crippen molar-refractivity contribution in [3.8, 4) is 0 Å². The molecule has 23 heavy (non-hydrogen) atoms. The van der Waals surface area contributed by atoms with Gasteiger partial charge in [0, 0.05) is 30.4 Å². The fraction of sp³-hybridized carbons (Fsp3) is 0.412. The van der Waals surface area contributed by atoms with E-state index in [2.05, 4.69) is 4.98 Å². The van der Waals surface area contributed by atoms with Crippen molar-refractivity contribution in [2.24, 2.45) is 0 Å². The molecule has 2 heterocycles. The number of nitrogens with one attached hydrogen (secondary N) is 1. The summed E-state index contributed by atoms with van der Waals surface area (Å²) < 4.78 is 0. The lowest BCUT2D eigenvalue weighted by Gasteiger charge is -2.27. The summed E-state index contributed by atoms with van der Waals surface area (Å²) in [5, 5.41) is 1.01. The molecule has 2 fully saturated rings. The van der Waals surface area contributed by atoms with Crippen LogP contribution in [0.5, 0.6) is 0 Å². The monoisotopic (exact) mass is 329 g/mol. The Balaban J connectivity index is 1.62. The number of aromatic amines is 1. The van der Waals surface area contributed by atoms with Gasteiger partial charge >= 0.3 is 0 Å². The van der Waals surface area contributed by atoms with Crippen LogP contribution in [0.4, 0.5) is 0 Å². The number of likely N-dealkylation sites (N-methyl/N-ethyl adjacent to an activating group) is 1. The minimum absolute atomic E-state index is 0.0643. The van der Waals surface area contributed by atoms with Gasteiger partial charge in [-0.3, -0.25) is 9.59 Å². The van der Waals surface area contributed by atoms with Crippen LogP contribution in [0.15, 0.2) is 30.5 Å². The third kappa shape index (κ3) is 2.51. The van der Waals surface area contributed by atoms with E-state index in [-0.39, 0.29) is 17.9 Å². The van der Waals surface area contributed by atoms with E-state index >= 15 is 0 Å². The minimum Gasteiger partial charge on any atom is -0.361 e. The Labute approximate surface area is 139 Å². The number of carbonyl (C=O) groups excluding carboxylic acids is 2. The lowest BCUT2D eigenvalue weighted by atomic mass is 10.1. The predicted molar refractivity (Wildman–Crippen MR) is 91.4 cm³/mol. The Morgan fingerprint density at radius 2 is 2.13 bits per heavy atom. The van der Waals surface area contributed by atoms with Crippen LogP contribution in [0, 0.1) is 0 Å². The van der Waals surface area contributed by atoms with Crippen molar-refractivity contribution in [1.29, 1.82) is 0 Å². The second kappa shape index (κ2) is 5.60. The van der Waals surface area contributed by atoms with Gasteiger partial charge in [-0.1, -0.05) is 12.1 Å². The number of aromatic nitrogens is 1. The SMILES string of the molecule is CN(C(=O)[C@@H]1CSCN1C(=O)c1cccc2cc[nH]c12)C1CC1. The van der Waals surface area contributed by atoms with E-state index < -0.39 is 0 Å². The Morgan fingerprint density at radius 1 is 1.30 bits per heavy atom. The van der Waals surface area contributed by atoms with Crippen molar-refractivity contribution < 1.29 is 9.59 Å². The number of fused-ring (bicyclic) bond motifs is 1. The molecule has 1 atom stereocenters. The third-order valence-electron chi connectivity index (χ3n) is 4.69. The first-order chi connectivity index (χ1) is 11.2. The molecule has 4 rings (SSSR count). The molecule has 1 saturated carbocycles. The van der Waals surface area contributed by atoms with Crippen LogP contribution >= 0.6 is 11.8 Å². The number of para-hydroxylation sites is 1. The smallest absolute Gasteiger partial charge is 0.257 e. The third-order valence-corrected chi connectivity index (χ3v) is 5.70. The van der Waals surface area contributed by atoms with Gasteiger partial charge in [-0.05, 0) is 25.0 Å². The van der Waals surface area contributed by atoms with Crippen LogP contribution in [0.2, 0.25) is 0 Å². The van der Waals surface area contributed by atoms with Gasteiger partial charge in [-0.25, -0.2) is 0 Å². The highest BCUT2D eigenvalue weighted by atomic mass is 32.2. The van der Waals surface area contributed by atoms with Gasteiger partial charge < -0.3 is 14.8 Å². The van der Waals surface area contributed by atoms with Crippen molar-refractivity contribution in [1.82, 2.24) is 14.8 Å². The fourth-order valence-electron chi connectivity index (χ4n) is 3.14. The zero-order valence-electron chi connectivity index (χ0n) is 13.0. The Hall–Kier alpha value is -1.95. The van der Waals surface area contributed by atoms with Gasteiger partial charge in [0.1, 0.15) is 6.04 Å². The van der Waals surface area contributed by atoms with E-state index in [9.17, 15) is 9.59 Å². The lowest BCUT2D eigenvalue weighted by molar-refractivity contribution is -0.134. The molecule has 0 radical (unpaired) electrons. The quantitative estimate of drug-likeness (QED) is 0.940. The van der Waals surface area contributed by atoms with Crippen LogP contribution in [0.3, 0.4) is 0 Å². The van der Waals surface area contributed by atoms with Gasteiger partial charge in [0.2, 0.25) is 5.91 Å². The molecule has 5 nitrogen and oxygen atoms in total. The Bertz CT molecular complexity index is 768. The first kappa shape index (κ1) is 14.6. The number of nitrogens with zero attached hydrogens (tertiary/aromatic N) is 2. The maximum absolute atomic E-state index is 13.0. The van der Waals surface area contributed by atoms with Crippen LogP contribution in [0.1, 0.15) is 23.2 Å². The summed E-state index contributed by atoms with van der Waals surface area (Å²) in [6, 6.07) is 7.68. The van der Waals surface area contributed by atoms with E-state index in [0.29, 0.717) is 23.2 Å². The van der Waals surface area contributed by atoms with E-state index in [0.717, 1.165) is 23.7 Å². The highest BCUT2D eigenvalue weighted by molar-refractivity contribution is 7.99. The topological polar surface area (TPSA) is 56.4 Å². The molecule has 2 aromatic rings. The number of carbonyl (C=O) groups is 2. The molecule has 120 valence electrons. The average Bonchev–Trinajstić information content (AvgIpc) is 3.11. The first-order valence-electron chi connectivity index (χ1n) is 7.88. The molecule has 1 saturated heterocycles. The number of hydrogen-bond acceptors (Lipinski definition) is 3. The van der Waals surface area contributed by atoms with Crippen molar-refractivity contribution >= 4 is 34.5 Å². The molecule has 1 aliphatic carbocycles. The van der Waals surface area contributed by atoms with Crippen LogP contribution in [0.25, 0.3) is 10.9 Å². The van der Waals surface area contributed by atoms with Crippen molar-refractivity contribution in [3.05, 3.63) is 36.0 Å². The maximum atomic E-state index is 13.0. The molecule has 1 aromatic heterocycles. The second-order valence-corrected chi connectivity index (χ2v) is 7.22. The Morgan fingerprint density at radius 3 is 2.91 bits per heavy atom. The highest BCUT2D eigenvalue weighted by Gasteiger charge is 2.40. The zero-order chi connectivity index (χ0) is 16.0. The van der Waals surface area contributed by atoms with Crippen molar-refractivity contribution in [2.75, 3.05) is 18.7 Å². The molecular weight excluding hydrogens is 310 g/mol. The molecule has 2 amide bonds. The van der Waals surface area contributed by atoms with Crippen molar-refractivity contribution in [3.63, 3.8) is 0 Å². The van der Waals surface area contributed by atoms with Crippen LogP contribution < -0.4 is 0 Å². The summed E-state index contributed by atoms with van der Waals surface area (Å²) in [7, 11) is 1.86. The number of H-pyrrole nitrogens is 1. The van der Waals surface area contributed by atoms with E-state index in [4.69, 9.17) is 0 Å². The molecular formula is C17H19N3O2S. The number of amides is 2. The van der Waals surface area contributed by atoms with E-state index in [1.54, 1.807) is 16.7 Å². The molecule has 1 aliphatic heterocycles. The number of benzene rings is 1. The van der Waals surface area contributed by atoms with Gasteiger partial charge in [0.05, 0.1) is 17.0 Å². The lowest BCUT2D eigenvalue weighted by Crippen LogP contribution is -2.48. The summed E-state index contributed by atoms with van der Waals surface area (Å²) in [5.74, 6) is 1.27. The van der Waals surface area contributed by atoms with Crippen molar-refractivity contribution in [2.45, 2.75) is 24.9 Å². The average molecular weight is 329 g/mol. The normalized spacial score (nSPS) is 20.9. The van der Waals surface area contributed by atoms with Gasteiger partial charge in [0.15, 0.2) is 0 Å². The molecule has 0 bridgehead atoms. The van der Waals surface area contributed by atoms with Gasteiger partial charge in [-0.15, -0.1) is 11.8 Å². The fourth-order valence-corrected chi connectivity index (χ4v) is 4.29. The molecule has 0 spiro atoms. The molecule has 6 heteroatoms. The minimum atomic E-state index is -0.344. The largest absolute Gasteiger partial charge is 0.361 e. The highest BCUT2D eigenvalue weighted by Crippen LogP contribution is 2.30. The van der Waals surface area contributed by atoms with E-state index in [1.807, 2.05) is 42.4 Å². The Kier molecular flexibility index (Phi) is 3.56. The van der Waals surface area contributed by atoms with Gasteiger partial charge in [0.25, 0.3) is 5.91 Å². The van der Waals surface area contributed by atoms with E-state index in [1.165, 1.54) is 0 Å². The molecule has 0 unspecified atom stereocenters. The second-order valence-electron chi connectivity index (χ2n) is 6.22. The first-order valence-corrected chi connectivity index (χ1v) is 9.04. The summed E-state index contributed by atoms with van der Waals surface area (Å²) in [6.07, 6.45) is 4.00. The molecule has 1 aromatic carbocycles. The summed E-state index contributed by atoms with van der Waals surface area (Å²) in [5.41, 5.74) is 1.48. The summed E-state index contributed by atoms with van der Waals surface area (Å²) in [6.45, 7) is 0. The summed E-state index contributed by atoms with van der Waals surface area (Å²) >= 11 is 1.65. The summed E-state index contributed by atoms with van der Waals surface area (Å²) in [4.78, 5) is 32.4. The maximum Gasteiger partial charge on any atom is 0.257 e. The number of thioether (sulfide) groups is 1.